The van der Waals surface area contributed by atoms with Gasteiger partial charge >= 0.3 is 0 Å². The van der Waals surface area contributed by atoms with Crippen molar-refractivity contribution < 1.29 is 14.8 Å². The number of aliphatic hydroxyl groups is 1. The molecular weight excluding hydrogens is 339 g/mol. The molecule has 1 aliphatic rings. The molecule has 90 valence electrons. The first-order valence-electron chi connectivity index (χ1n) is 4.89. The molecule has 1 aromatic rings. The van der Waals surface area contributed by atoms with Crippen molar-refractivity contribution in [2.24, 2.45) is 0 Å². The molecule has 2 rings (SSSR count). The first-order valence-corrected chi connectivity index (χ1v) is 5.97. The minimum Gasteiger partial charge on any atom is -0.389 e. The molecule has 1 amide bonds. The van der Waals surface area contributed by atoms with E-state index in [1.165, 1.54) is 17.0 Å². The molecule has 0 aliphatic carbocycles. The standard InChI is InChI=1S/C10H9IN2O4/c11-7-1-6(2-8(3-7)13(16)17)10(15)12-4-9(14)5-12/h1-3,9,14H,4-5H2. The average Bonchev–Trinajstić information content (AvgIpc) is 2.23. The zero-order chi connectivity index (χ0) is 12.6. The third kappa shape index (κ3) is 2.55. The van der Waals surface area contributed by atoms with Gasteiger partial charge in [0.1, 0.15) is 0 Å². The number of halogens is 1. The first-order chi connectivity index (χ1) is 7.97. The van der Waals surface area contributed by atoms with Crippen LogP contribution in [0.1, 0.15) is 10.4 Å². The maximum absolute atomic E-state index is 11.9. The summed E-state index contributed by atoms with van der Waals surface area (Å²) in [6, 6.07) is 4.26. The Kier molecular flexibility index (Phi) is 3.29. The zero-order valence-corrected chi connectivity index (χ0v) is 10.8. The number of carbonyl (C=O) groups excluding carboxylic acids is 1. The predicted octanol–water partition coefficient (Wildman–Crippen LogP) is 1.02. The highest BCUT2D eigenvalue weighted by Gasteiger charge is 2.30. The Balaban J connectivity index is 2.26. The highest BCUT2D eigenvalue weighted by molar-refractivity contribution is 14.1. The van der Waals surface area contributed by atoms with Crippen LogP contribution in [0.2, 0.25) is 0 Å². The molecule has 0 atom stereocenters. The van der Waals surface area contributed by atoms with Gasteiger partial charge in [-0.25, -0.2) is 0 Å². The lowest BCUT2D eigenvalue weighted by molar-refractivity contribution is -0.385. The molecule has 1 saturated heterocycles. The number of non-ortho nitro benzene ring substituents is 1. The number of likely N-dealkylation sites (tertiary alicyclic amines) is 1. The van der Waals surface area contributed by atoms with Crippen LogP contribution in [-0.2, 0) is 0 Å². The van der Waals surface area contributed by atoms with Crippen LogP contribution >= 0.6 is 22.6 Å². The number of benzene rings is 1. The fourth-order valence-corrected chi connectivity index (χ4v) is 2.26. The van der Waals surface area contributed by atoms with Gasteiger partial charge in [-0.15, -0.1) is 0 Å². The SMILES string of the molecule is O=C(c1cc(I)cc([N+](=O)[O-])c1)N1CC(O)C1. The average molecular weight is 348 g/mol. The Hall–Kier alpha value is -1.22. The lowest BCUT2D eigenvalue weighted by Crippen LogP contribution is -2.53. The van der Waals surface area contributed by atoms with E-state index in [1.54, 1.807) is 6.07 Å². The summed E-state index contributed by atoms with van der Waals surface area (Å²) in [7, 11) is 0. The number of hydrogen-bond acceptors (Lipinski definition) is 4. The number of nitro benzene ring substituents is 1. The summed E-state index contributed by atoms with van der Waals surface area (Å²) >= 11 is 1.93. The van der Waals surface area contributed by atoms with E-state index in [9.17, 15) is 14.9 Å². The summed E-state index contributed by atoms with van der Waals surface area (Å²) in [6.07, 6.45) is -0.475. The molecule has 0 unspecified atom stereocenters. The Morgan fingerprint density at radius 1 is 1.47 bits per heavy atom. The van der Waals surface area contributed by atoms with E-state index in [0.717, 1.165) is 0 Å². The Bertz CT molecular complexity index is 485. The van der Waals surface area contributed by atoms with Crippen LogP contribution in [0.3, 0.4) is 0 Å². The molecule has 0 spiro atoms. The van der Waals surface area contributed by atoms with Crippen molar-refractivity contribution in [3.05, 3.63) is 37.4 Å². The molecule has 1 aliphatic heterocycles. The monoisotopic (exact) mass is 348 g/mol. The second kappa shape index (κ2) is 4.57. The highest BCUT2D eigenvalue weighted by Crippen LogP contribution is 2.21. The lowest BCUT2D eigenvalue weighted by Gasteiger charge is -2.35. The topological polar surface area (TPSA) is 83.7 Å². The van der Waals surface area contributed by atoms with E-state index in [-0.39, 0.29) is 30.2 Å². The quantitative estimate of drug-likeness (QED) is 0.491. The smallest absolute Gasteiger partial charge is 0.271 e. The number of nitro groups is 1. The second-order valence-electron chi connectivity index (χ2n) is 3.82. The van der Waals surface area contributed by atoms with Crippen molar-refractivity contribution in [3.8, 4) is 0 Å². The van der Waals surface area contributed by atoms with Crippen LogP contribution in [0.25, 0.3) is 0 Å². The molecule has 17 heavy (non-hydrogen) atoms. The number of nitrogens with zero attached hydrogens (tertiary/aromatic N) is 2. The molecule has 1 N–H and O–H groups in total. The minimum atomic E-state index is -0.524. The molecule has 1 heterocycles. The van der Waals surface area contributed by atoms with Gasteiger partial charge in [0.25, 0.3) is 11.6 Å². The molecule has 1 aromatic carbocycles. The Morgan fingerprint density at radius 2 is 2.12 bits per heavy atom. The van der Waals surface area contributed by atoms with Crippen LogP contribution in [0.5, 0.6) is 0 Å². The first kappa shape index (κ1) is 12.2. The van der Waals surface area contributed by atoms with Gasteiger partial charge in [0.15, 0.2) is 0 Å². The number of rotatable bonds is 2. The lowest BCUT2D eigenvalue weighted by atomic mass is 10.1. The normalized spacial score (nSPS) is 15.5. The second-order valence-corrected chi connectivity index (χ2v) is 5.06. The van der Waals surface area contributed by atoms with Crippen molar-refractivity contribution in [1.29, 1.82) is 0 Å². The van der Waals surface area contributed by atoms with E-state index in [2.05, 4.69) is 0 Å². The fourth-order valence-electron chi connectivity index (χ4n) is 1.61. The van der Waals surface area contributed by atoms with Crippen LogP contribution in [0.15, 0.2) is 18.2 Å². The summed E-state index contributed by atoms with van der Waals surface area (Å²) in [5, 5.41) is 19.8. The van der Waals surface area contributed by atoms with Crippen LogP contribution in [-0.4, -0.2) is 40.0 Å². The molecular formula is C10H9IN2O4. The number of β-amino-alcohol motifs (C(OH)–C–C–N with tert-alkyl or cyclic N) is 1. The highest BCUT2D eigenvalue weighted by atomic mass is 127. The predicted molar refractivity (Wildman–Crippen MR) is 67.7 cm³/mol. The van der Waals surface area contributed by atoms with E-state index < -0.39 is 11.0 Å². The summed E-state index contributed by atoms with van der Waals surface area (Å²) in [5.74, 6) is -0.281. The van der Waals surface area contributed by atoms with Crippen molar-refractivity contribution in [1.82, 2.24) is 4.90 Å². The van der Waals surface area contributed by atoms with Gasteiger partial charge in [-0.05, 0) is 28.7 Å². The number of hydrogen-bond donors (Lipinski definition) is 1. The van der Waals surface area contributed by atoms with Crippen molar-refractivity contribution >= 4 is 34.2 Å². The number of amides is 1. The van der Waals surface area contributed by atoms with E-state index >= 15 is 0 Å². The molecule has 0 bridgehead atoms. The van der Waals surface area contributed by atoms with Crippen LogP contribution < -0.4 is 0 Å². The van der Waals surface area contributed by atoms with Crippen LogP contribution in [0.4, 0.5) is 5.69 Å². The van der Waals surface area contributed by atoms with Gasteiger partial charge in [0, 0.05) is 34.4 Å². The molecule has 7 heteroatoms. The van der Waals surface area contributed by atoms with E-state index in [1.807, 2.05) is 22.6 Å². The third-order valence-corrected chi connectivity index (χ3v) is 3.11. The largest absolute Gasteiger partial charge is 0.389 e. The molecule has 0 saturated carbocycles. The van der Waals surface area contributed by atoms with E-state index in [4.69, 9.17) is 5.11 Å². The van der Waals surface area contributed by atoms with Gasteiger partial charge in [-0.3, -0.25) is 14.9 Å². The van der Waals surface area contributed by atoms with Gasteiger partial charge < -0.3 is 10.0 Å². The Labute approximate surface area is 111 Å². The summed E-state index contributed by atoms with van der Waals surface area (Å²) < 4.78 is 0.640. The van der Waals surface area contributed by atoms with Crippen LogP contribution in [0, 0.1) is 13.7 Å². The maximum atomic E-state index is 11.9. The third-order valence-electron chi connectivity index (χ3n) is 2.49. The Morgan fingerprint density at radius 3 is 2.65 bits per heavy atom. The molecule has 0 aromatic heterocycles. The summed E-state index contributed by atoms with van der Waals surface area (Å²) in [6.45, 7) is 0.580. The van der Waals surface area contributed by atoms with Crippen molar-refractivity contribution in [2.45, 2.75) is 6.10 Å². The molecule has 0 radical (unpaired) electrons. The number of aliphatic hydroxyl groups excluding tert-OH is 1. The molecule has 6 nitrogen and oxygen atoms in total. The van der Waals surface area contributed by atoms with Gasteiger partial charge in [-0.2, -0.15) is 0 Å². The fraction of sp³-hybridized carbons (Fsp3) is 0.300. The summed E-state index contributed by atoms with van der Waals surface area (Å²) in [5.41, 5.74) is 0.192. The van der Waals surface area contributed by atoms with Crippen molar-refractivity contribution in [2.75, 3.05) is 13.1 Å². The molecule has 1 fully saturated rings. The van der Waals surface area contributed by atoms with Gasteiger partial charge in [0.05, 0.1) is 11.0 Å². The number of carbonyl (C=O) groups is 1. The summed E-state index contributed by atoms with van der Waals surface area (Å²) in [4.78, 5) is 23.5. The van der Waals surface area contributed by atoms with Crippen molar-refractivity contribution in [3.63, 3.8) is 0 Å². The minimum absolute atomic E-state index is 0.0960. The van der Waals surface area contributed by atoms with E-state index in [0.29, 0.717) is 3.57 Å². The maximum Gasteiger partial charge on any atom is 0.271 e. The zero-order valence-electron chi connectivity index (χ0n) is 8.67. The van der Waals surface area contributed by atoms with Gasteiger partial charge in [0.2, 0.25) is 0 Å². The van der Waals surface area contributed by atoms with Gasteiger partial charge in [-0.1, -0.05) is 0 Å².